The van der Waals surface area contributed by atoms with Crippen molar-refractivity contribution in [2.24, 2.45) is 5.41 Å². The number of nitrogens with one attached hydrogen (secondary N) is 2. The molecule has 5 nitrogen and oxygen atoms in total. The quantitative estimate of drug-likeness (QED) is 0.230. The number of hydrogen-bond acceptors (Lipinski definition) is 5. The van der Waals surface area contributed by atoms with Crippen molar-refractivity contribution < 1.29 is 34.1 Å². The first-order valence-corrected chi connectivity index (χ1v) is 8.07. The molecule has 4 rings (SSSR count). The Morgan fingerprint density at radius 3 is 2.20 bits per heavy atom. The van der Waals surface area contributed by atoms with Crippen LogP contribution in [0.4, 0.5) is 0 Å². The van der Waals surface area contributed by atoms with Crippen molar-refractivity contribution in [3.63, 3.8) is 0 Å². The predicted octanol–water partition coefficient (Wildman–Crippen LogP) is 2.69. The first kappa shape index (κ1) is 18.2. The number of carbonyl (C=O) groups is 1. The summed E-state index contributed by atoms with van der Waals surface area (Å²) in [6, 6.07) is 10.5. The normalized spacial score (nSPS) is 26.4. The van der Waals surface area contributed by atoms with E-state index < -0.39 is 5.66 Å². The van der Waals surface area contributed by atoms with Gasteiger partial charge in [0.25, 0.3) is 0 Å². The van der Waals surface area contributed by atoms with Crippen LogP contribution in [0.3, 0.4) is 0 Å². The molecule has 0 amide bonds. The fourth-order valence-corrected chi connectivity index (χ4v) is 3.58. The van der Waals surface area contributed by atoms with Gasteiger partial charge in [-0.2, -0.15) is 0 Å². The van der Waals surface area contributed by atoms with Gasteiger partial charge in [-0.25, -0.2) is 5.92 Å². The third-order valence-electron chi connectivity index (χ3n) is 4.89. The Labute approximate surface area is 159 Å². The van der Waals surface area contributed by atoms with Gasteiger partial charge in [0.2, 0.25) is 0 Å². The number of phenolic OH excluding ortho intramolecular Hbond substituents is 1. The Morgan fingerprint density at radius 1 is 1.12 bits per heavy atom. The molecule has 0 bridgehead atoms. The van der Waals surface area contributed by atoms with E-state index >= 15 is 0 Å². The maximum Gasteiger partial charge on any atom is 0.181 e. The Hall–Kier alpha value is -1.62. The SMILES string of the molecule is CC(C)(C)[C-](C(=O)Oc1ccc(O)c2ccccc12)C12NC1(C)N2.[Rh]. The van der Waals surface area contributed by atoms with E-state index in [4.69, 9.17) is 4.74 Å². The summed E-state index contributed by atoms with van der Waals surface area (Å²) in [5.74, 6) is 0.966. The molecular formula is C19H21N2O3Rh-. The number of aromatic hydroxyl groups is 1. The first-order chi connectivity index (χ1) is 11.2. The van der Waals surface area contributed by atoms with Gasteiger partial charge in [-0.15, -0.1) is 5.41 Å². The van der Waals surface area contributed by atoms with Crippen LogP contribution in [-0.2, 0) is 24.3 Å². The van der Waals surface area contributed by atoms with E-state index in [2.05, 4.69) is 10.6 Å². The molecule has 0 aliphatic carbocycles. The van der Waals surface area contributed by atoms with E-state index in [1.54, 1.807) is 18.2 Å². The molecule has 2 aliphatic rings. The summed E-state index contributed by atoms with van der Waals surface area (Å²) in [6.45, 7) is 8.05. The first-order valence-electron chi connectivity index (χ1n) is 8.07. The van der Waals surface area contributed by atoms with Gasteiger partial charge < -0.3 is 20.5 Å². The van der Waals surface area contributed by atoms with Crippen molar-refractivity contribution in [1.82, 2.24) is 10.6 Å². The number of phenols is 1. The Kier molecular flexibility index (Phi) is 3.96. The molecule has 2 aromatic rings. The smallest absolute Gasteiger partial charge is 0.181 e. The molecule has 2 aromatic carbocycles. The van der Waals surface area contributed by atoms with Crippen molar-refractivity contribution in [2.45, 2.75) is 39.0 Å². The monoisotopic (exact) mass is 428 g/mol. The van der Waals surface area contributed by atoms with Crippen molar-refractivity contribution >= 4 is 16.7 Å². The van der Waals surface area contributed by atoms with Crippen molar-refractivity contribution in [2.75, 3.05) is 0 Å². The average molecular weight is 428 g/mol. The van der Waals surface area contributed by atoms with Crippen LogP contribution < -0.4 is 15.4 Å². The molecule has 2 aliphatic heterocycles. The third-order valence-corrected chi connectivity index (χ3v) is 4.89. The fourth-order valence-electron chi connectivity index (χ4n) is 3.58. The van der Waals surface area contributed by atoms with E-state index in [1.165, 1.54) is 0 Å². The molecule has 2 heterocycles. The van der Waals surface area contributed by atoms with Crippen LogP contribution in [0.5, 0.6) is 11.5 Å². The van der Waals surface area contributed by atoms with Crippen molar-refractivity contribution in [3.05, 3.63) is 42.3 Å². The zero-order chi connectivity index (χ0) is 17.3. The zero-order valence-electron chi connectivity index (χ0n) is 14.6. The number of fused-ring (bicyclic) bond motifs is 2. The van der Waals surface area contributed by atoms with Crippen LogP contribution in [0.1, 0.15) is 27.7 Å². The maximum atomic E-state index is 12.9. The van der Waals surface area contributed by atoms with Gasteiger partial charge in [0.1, 0.15) is 11.5 Å². The molecule has 0 atom stereocenters. The standard InChI is InChI=1S/C19H21N2O3.Rh/c1-17(2,3)15(19-18(4,20-19)21-19)16(23)24-14-10-9-13(22)11-7-5-6-8-12(11)14;/h5-10,20-22H,1-4H3;/q-1;. The summed E-state index contributed by atoms with van der Waals surface area (Å²) >= 11 is 0. The predicted molar refractivity (Wildman–Crippen MR) is 91.4 cm³/mol. The number of hydrogen-bond donors (Lipinski definition) is 3. The van der Waals surface area contributed by atoms with E-state index in [9.17, 15) is 9.90 Å². The molecule has 0 spiro atoms. The van der Waals surface area contributed by atoms with Gasteiger partial charge in [0.05, 0.1) is 5.66 Å². The Morgan fingerprint density at radius 2 is 1.68 bits per heavy atom. The molecule has 135 valence electrons. The number of rotatable bonds is 3. The molecule has 2 saturated heterocycles. The summed E-state index contributed by atoms with van der Waals surface area (Å²) in [6.07, 6.45) is 0. The van der Waals surface area contributed by atoms with Crippen LogP contribution in [0.2, 0.25) is 0 Å². The van der Waals surface area contributed by atoms with E-state index in [1.807, 2.05) is 45.9 Å². The van der Waals surface area contributed by atoms with Crippen LogP contribution in [0.15, 0.2) is 36.4 Å². The third kappa shape index (κ3) is 2.64. The molecular weight excluding hydrogens is 407 g/mol. The Balaban J connectivity index is 0.00000182. The topological polar surface area (TPSA) is 90.4 Å². The van der Waals surface area contributed by atoms with E-state index in [0.29, 0.717) is 22.4 Å². The van der Waals surface area contributed by atoms with Gasteiger partial charge >= 0.3 is 0 Å². The molecule has 25 heavy (non-hydrogen) atoms. The van der Waals surface area contributed by atoms with E-state index in [0.717, 1.165) is 0 Å². The minimum atomic E-state index is -0.435. The average Bonchev–Trinajstić information content (AvgIpc) is 3.25. The minimum absolute atomic E-state index is 0. The minimum Gasteiger partial charge on any atom is -0.507 e. The largest absolute Gasteiger partial charge is 0.507 e. The second kappa shape index (κ2) is 5.44. The number of ether oxygens (including phenoxy) is 1. The summed E-state index contributed by atoms with van der Waals surface area (Å²) in [7, 11) is 0. The summed E-state index contributed by atoms with van der Waals surface area (Å²) < 4.78 is 5.74. The van der Waals surface area contributed by atoms with Crippen LogP contribution in [0.25, 0.3) is 10.8 Å². The molecule has 0 aromatic heterocycles. The number of esters is 1. The molecule has 6 heteroatoms. The van der Waals surface area contributed by atoms with Crippen molar-refractivity contribution in [1.29, 1.82) is 0 Å². The van der Waals surface area contributed by atoms with Crippen molar-refractivity contribution in [3.8, 4) is 11.5 Å². The van der Waals surface area contributed by atoms with Crippen LogP contribution in [-0.4, -0.2) is 22.4 Å². The van der Waals surface area contributed by atoms with Gasteiger partial charge in [0, 0.05) is 35.9 Å². The number of carbonyl (C=O) groups excluding carboxylic acids is 1. The van der Waals surface area contributed by atoms with Crippen LogP contribution in [0, 0.1) is 11.3 Å². The summed E-state index contributed by atoms with van der Waals surface area (Å²) in [5.41, 5.74) is -0.960. The molecule has 0 saturated carbocycles. The van der Waals surface area contributed by atoms with Gasteiger partial charge in [-0.1, -0.05) is 45.0 Å². The maximum absolute atomic E-state index is 12.9. The van der Waals surface area contributed by atoms with Gasteiger partial charge in [-0.3, -0.25) is 4.79 Å². The molecule has 1 radical (unpaired) electrons. The molecule has 2 fully saturated rings. The summed E-state index contributed by atoms with van der Waals surface area (Å²) in [4.78, 5) is 12.9. The molecule has 0 unspecified atom stereocenters. The Bertz CT molecular complexity index is 853. The van der Waals surface area contributed by atoms with Gasteiger partial charge in [0.15, 0.2) is 5.97 Å². The van der Waals surface area contributed by atoms with Gasteiger partial charge in [-0.05, 0) is 19.1 Å². The second-order valence-electron chi connectivity index (χ2n) is 7.77. The summed E-state index contributed by atoms with van der Waals surface area (Å²) in [5, 5.41) is 18.0. The van der Waals surface area contributed by atoms with Crippen LogP contribution >= 0.6 is 0 Å². The second-order valence-corrected chi connectivity index (χ2v) is 7.77. The van der Waals surface area contributed by atoms with E-state index in [-0.39, 0.29) is 42.3 Å². The fraction of sp³-hybridized carbons (Fsp3) is 0.368. The zero-order valence-corrected chi connectivity index (χ0v) is 16.2. The molecule has 3 N–H and O–H groups in total. The number of benzene rings is 2.